The number of anilines is 1. The van der Waals surface area contributed by atoms with Crippen molar-refractivity contribution in [3.63, 3.8) is 0 Å². The Hall–Kier alpha value is -0.940. The summed E-state index contributed by atoms with van der Waals surface area (Å²) in [5, 5.41) is 2.12. The zero-order valence-corrected chi connectivity index (χ0v) is 7.89. The lowest BCUT2D eigenvalue weighted by Crippen LogP contribution is -2.21. The molecule has 0 bridgehead atoms. The van der Waals surface area contributed by atoms with Crippen molar-refractivity contribution in [1.82, 2.24) is 9.88 Å². The van der Waals surface area contributed by atoms with E-state index >= 15 is 0 Å². The van der Waals surface area contributed by atoms with Crippen LogP contribution in [-0.4, -0.2) is 36.3 Å². The van der Waals surface area contributed by atoms with Crippen molar-refractivity contribution in [1.29, 1.82) is 0 Å². The lowest BCUT2D eigenvalue weighted by molar-refractivity contribution is 0.0953. The summed E-state index contributed by atoms with van der Waals surface area (Å²) in [6, 6.07) is 0. The Labute approximate surface area is 75.0 Å². The number of thiazole rings is 1. The molecule has 0 saturated heterocycles. The fourth-order valence-corrected chi connectivity index (χ4v) is 1.35. The molecule has 0 unspecified atom stereocenters. The number of nitrogens with two attached hydrogens (primary N) is 1. The Morgan fingerprint density at radius 1 is 1.75 bits per heavy atom. The van der Waals surface area contributed by atoms with Crippen LogP contribution in [0.25, 0.3) is 0 Å². The predicted octanol–water partition coefficient (Wildman–Crippen LogP) is 0.470. The highest BCUT2D eigenvalue weighted by Gasteiger charge is 2.09. The van der Waals surface area contributed by atoms with E-state index in [-0.39, 0.29) is 5.78 Å². The molecule has 0 aromatic carbocycles. The summed E-state index contributed by atoms with van der Waals surface area (Å²) in [5.41, 5.74) is 5.85. The summed E-state index contributed by atoms with van der Waals surface area (Å²) < 4.78 is 0. The maximum absolute atomic E-state index is 11.3. The molecule has 0 aliphatic heterocycles. The van der Waals surface area contributed by atoms with Crippen LogP contribution in [0.1, 0.15) is 10.5 Å². The molecule has 66 valence electrons. The van der Waals surface area contributed by atoms with Gasteiger partial charge in [-0.25, -0.2) is 4.98 Å². The number of aromatic nitrogens is 1. The molecule has 0 radical (unpaired) electrons. The second-order valence-electron chi connectivity index (χ2n) is 2.73. The summed E-state index contributed by atoms with van der Waals surface area (Å²) in [6.07, 6.45) is 0. The number of Topliss-reactive ketones (excluding diaryl/α,β-unsaturated/α-hetero) is 1. The summed E-state index contributed by atoms with van der Waals surface area (Å²) in [5.74, 6) is 0.00736. The molecule has 5 heteroatoms. The van der Waals surface area contributed by atoms with Crippen molar-refractivity contribution >= 4 is 22.3 Å². The standard InChI is InChI=1S/C7H11N3OS/c1-10(2)3-6(11)5-4-12-7(8)9-5/h4H,3H2,1-2H3,(H2,8,9). The topological polar surface area (TPSA) is 59.2 Å². The average Bonchev–Trinajstić information content (AvgIpc) is 2.34. The third-order valence-corrected chi connectivity index (χ3v) is 1.94. The quantitative estimate of drug-likeness (QED) is 0.695. The van der Waals surface area contributed by atoms with Gasteiger partial charge in [0.05, 0.1) is 6.54 Å². The van der Waals surface area contributed by atoms with Crippen molar-refractivity contribution in [3.8, 4) is 0 Å². The zero-order chi connectivity index (χ0) is 9.14. The van der Waals surface area contributed by atoms with Gasteiger partial charge >= 0.3 is 0 Å². The van der Waals surface area contributed by atoms with E-state index in [1.807, 2.05) is 14.1 Å². The molecule has 0 amide bonds. The third-order valence-electron chi connectivity index (χ3n) is 1.27. The molecule has 0 aliphatic carbocycles. The Bertz CT molecular complexity index is 282. The average molecular weight is 185 g/mol. The lowest BCUT2D eigenvalue weighted by Gasteiger charge is -2.05. The van der Waals surface area contributed by atoms with E-state index in [1.165, 1.54) is 11.3 Å². The van der Waals surface area contributed by atoms with Crippen LogP contribution in [-0.2, 0) is 0 Å². The van der Waals surface area contributed by atoms with Crippen LogP contribution in [0, 0.1) is 0 Å². The van der Waals surface area contributed by atoms with Crippen molar-refractivity contribution in [2.75, 3.05) is 26.4 Å². The normalized spacial score (nSPS) is 10.6. The Balaban J connectivity index is 2.65. The minimum absolute atomic E-state index is 0.00736. The number of nitrogens with zero attached hydrogens (tertiary/aromatic N) is 2. The largest absolute Gasteiger partial charge is 0.375 e. The van der Waals surface area contributed by atoms with Gasteiger partial charge in [-0.1, -0.05) is 0 Å². The van der Waals surface area contributed by atoms with Gasteiger partial charge in [0.2, 0.25) is 0 Å². The number of hydrogen-bond acceptors (Lipinski definition) is 5. The second-order valence-corrected chi connectivity index (χ2v) is 3.62. The van der Waals surface area contributed by atoms with Crippen LogP contribution in [0.4, 0.5) is 5.13 Å². The van der Waals surface area contributed by atoms with Crippen molar-refractivity contribution in [2.45, 2.75) is 0 Å². The number of carbonyl (C=O) groups excluding carboxylic acids is 1. The van der Waals surface area contributed by atoms with Crippen molar-refractivity contribution < 1.29 is 4.79 Å². The highest BCUT2D eigenvalue weighted by Crippen LogP contribution is 2.11. The maximum atomic E-state index is 11.3. The highest BCUT2D eigenvalue weighted by molar-refractivity contribution is 7.13. The number of likely N-dealkylation sites (N-methyl/N-ethyl adjacent to an activating group) is 1. The van der Waals surface area contributed by atoms with Crippen LogP contribution in [0.15, 0.2) is 5.38 Å². The van der Waals surface area contributed by atoms with Gasteiger partial charge < -0.3 is 10.6 Å². The van der Waals surface area contributed by atoms with E-state index in [9.17, 15) is 4.79 Å². The molecule has 0 atom stereocenters. The smallest absolute Gasteiger partial charge is 0.196 e. The Morgan fingerprint density at radius 3 is 2.83 bits per heavy atom. The van der Waals surface area contributed by atoms with Gasteiger partial charge in [0, 0.05) is 5.38 Å². The first-order valence-corrected chi connectivity index (χ1v) is 4.36. The molecule has 0 fully saturated rings. The van der Waals surface area contributed by atoms with Gasteiger partial charge in [-0.05, 0) is 14.1 Å². The van der Waals surface area contributed by atoms with Gasteiger partial charge in [-0.15, -0.1) is 11.3 Å². The SMILES string of the molecule is CN(C)CC(=O)c1csc(N)n1. The van der Waals surface area contributed by atoms with Crippen LogP contribution < -0.4 is 5.73 Å². The van der Waals surface area contributed by atoms with Gasteiger partial charge in [-0.3, -0.25) is 4.79 Å². The molecular formula is C7H11N3OS. The summed E-state index contributed by atoms with van der Waals surface area (Å²) >= 11 is 1.29. The minimum Gasteiger partial charge on any atom is -0.375 e. The van der Waals surface area contributed by atoms with Crippen LogP contribution >= 0.6 is 11.3 Å². The van der Waals surface area contributed by atoms with Crippen LogP contribution in [0.3, 0.4) is 0 Å². The van der Waals surface area contributed by atoms with Gasteiger partial charge in [-0.2, -0.15) is 0 Å². The number of carbonyl (C=O) groups is 1. The fraction of sp³-hybridized carbons (Fsp3) is 0.429. The molecule has 1 heterocycles. The van der Waals surface area contributed by atoms with E-state index < -0.39 is 0 Å². The van der Waals surface area contributed by atoms with Gasteiger partial charge in [0.15, 0.2) is 10.9 Å². The summed E-state index contributed by atoms with van der Waals surface area (Å²) in [6.45, 7) is 0.378. The number of ketones is 1. The fourth-order valence-electron chi connectivity index (χ4n) is 0.784. The molecular weight excluding hydrogens is 174 g/mol. The van der Waals surface area contributed by atoms with E-state index in [4.69, 9.17) is 5.73 Å². The predicted molar refractivity (Wildman–Crippen MR) is 49.4 cm³/mol. The van der Waals surface area contributed by atoms with E-state index in [0.29, 0.717) is 17.4 Å². The summed E-state index contributed by atoms with van der Waals surface area (Å²) in [7, 11) is 3.68. The van der Waals surface area contributed by atoms with Gasteiger partial charge in [0.25, 0.3) is 0 Å². The number of hydrogen-bond donors (Lipinski definition) is 1. The highest BCUT2D eigenvalue weighted by atomic mass is 32.1. The lowest BCUT2D eigenvalue weighted by atomic mass is 10.3. The summed E-state index contributed by atoms with van der Waals surface area (Å²) in [4.78, 5) is 17.0. The van der Waals surface area contributed by atoms with Crippen LogP contribution in [0.2, 0.25) is 0 Å². The van der Waals surface area contributed by atoms with E-state index in [2.05, 4.69) is 4.98 Å². The van der Waals surface area contributed by atoms with Gasteiger partial charge in [0.1, 0.15) is 5.69 Å². The molecule has 0 aliphatic rings. The first kappa shape index (κ1) is 9.15. The molecule has 1 aromatic heterocycles. The van der Waals surface area contributed by atoms with E-state index in [0.717, 1.165) is 0 Å². The molecule has 0 saturated carbocycles. The first-order valence-electron chi connectivity index (χ1n) is 3.48. The second kappa shape index (κ2) is 3.64. The first-order chi connectivity index (χ1) is 5.59. The maximum Gasteiger partial charge on any atom is 0.196 e. The Morgan fingerprint density at radius 2 is 2.42 bits per heavy atom. The Kier molecular flexibility index (Phi) is 2.78. The van der Waals surface area contributed by atoms with Crippen LogP contribution in [0.5, 0.6) is 0 Å². The third kappa shape index (κ3) is 2.28. The molecule has 1 rings (SSSR count). The molecule has 12 heavy (non-hydrogen) atoms. The monoisotopic (exact) mass is 185 g/mol. The molecule has 1 aromatic rings. The van der Waals surface area contributed by atoms with Crippen molar-refractivity contribution in [2.24, 2.45) is 0 Å². The van der Waals surface area contributed by atoms with Crippen molar-refractivity contribution in [3.05, 3.63) is 11.1 Å². The van der Waals surface area contributed by atoms with E-state index in [1.54, 1.807) is 10.3 Å². The molecule has 2 N–H and O–H groups in total. The number of rotatable bonds is 3. The number of nitrogen functional groups attached to an aromatic ring is 1. The zero-order valence-electron chi connectivity index (χ0n) is 7.07. The minimum atomic E-state index is 0.00736. The molecule has 4 nitrogen and oxygen atoms in total. The molecule has 0 spiro atoms.